The SMILES string of the molecule is CC(C)Oc1ccc(-c2csc(N)c2C(N)=O)cc1. The molecule has 0 unspecified atom stereocenters. The largest absolute Gasteiger partial charge is 0.491 e. The maximum absolute atomic E-state index is 11.4. The van der Waals surface area contributed by atoms with Gasteiger partial charge in [-0.15, -0.1) is 11.3 Å². The predicted octanol–water partition coefficient (Wildman–Crippen LogP) is 2.88. The number of amides is 1. The second-order valence-electron chi connectivity index (χ2n) is 4.44. The number of nitrogens with two attached hydrogens (primary N) is 2. The molecule has 0 spiro atoms. The van der Waals surface area contributed by atoms with Crippen LogP contribution in [0, 0.1) is 0 Å². The van der Waals surface area contributed by atoms with Gasteiger partial charge in [-0.2, -0.15) is 0 Å². The molecule has 0 saturated heterocycles. The van der Waals surface area contributed by atoms with E-state index in [9.17, 15) is 4.79 Å². The monoisotopic (exact) mass is 276 g/mol. The Hall–Kier alpha value is -2.01. The van der Waals surface area contributed by atoms with Crippen LogP contribution in [0.4, 0.5) is 5.00 Å². The standard InChI is InChI=1S/C14H16N2O2S/c1-8(2)18-10-5-3-9(4-6-10)11-7-19-14(16)12(11)13(15)17/h3-8H,16H2,1-2H3,(H2,15,17). The van der Waals surface area contributed by atoms with Crippen LogP contribution in [-0.4, -0.2) is 12.0 Å². The summed E-state index contributed by atoms with van der Waals surface area (Å²) in [5.41, 5.74) is 13.2. The van der Waals surface area contributed by atoms with Crippen LogP contribution in [0.25, 0.3) is 11.1 Å². The number of primary amides is 1. The highest BCUT2D eigenvalue weighted by molar-refractivity contribution is 7.15. The Balaban J connectivity index is 2.35. The summed E-state index contributed by atoms with van der Waals surface area (Å²) in [6.45, 7) is 3.94. The number of nitrogen functional groups attached to an aromatic ring is 1. The Morgan fingerprint density at radius 1 is 1.26 bits per heavy atom. The van der Waals surface area contributed by atoms with E-state index in [1.165, 1.54) is 11.3 Å². The Bertz CT molecular complexity index is 588. The van der Waals surface area contributed by atoms with Crippen molar-refractivity contribution in [2.45, 2.75) is 20.0 Å². The van der Waals surface area contributed by atoms with E-state index in [2.05, 4.69) is 0 Å². The predicted molar refractivity (Wildman–Crippen MR) is 78.4 cm³/mol. The van der Waals surface area contributed by atoms with E-state index in [-0.39, 0.29) is 6.10 Å². The van der Waals surface area contributed by atoms with Gasteiger partial charge in [0.1, 0.15) is 5.75 Å². The summed E-state index contributed by atoms with van der Waals surface area (Å²) in [7, 11) is 0. The lowest BCUT2D eigenvalue weighted by Gasteiger charge is -2.10. The number of hydrogen-bond acceptors (Lipinski definition) is 4. The fourth-order valence-electron chi connectivity index (χ4n) is 1.82. The van der Waals surface area contributed by atoms with Gasteiger partial charge in [-0.3, -0.25) is 4.79 Å². The van der Waals surface area contributed by atoms with Crippen molar-refractivity contribution in [2.75, 3.05) is 5.73 Å². The molecule has 100 valence electrons. The maximum Gasteiger partial charge on any atom is 0.252 e. The van der Waals surface area contributed by atoms with Gasteiger partial charge >= 0.3 is 0 Å². The molecule has 2 aromatic rings. The summed E-state index contributed by atoms with van der Waals surface area (Å²) in [4.78, 5) is 11.4. The second-order valence-corrected chi connectivity index (χ2v) is 5.36. The number of thiophene rings is 1. The van der Waals surface area contributed by atoms with Gasteiger partial charge in [-0.05, 0) is 31.5 Å². The van der Waals surface area contributed by atoms with Crippen LogP contribution in [0.5, 0.6) is 5.75 Å². The first-order valence-electron chi connectivity index (χ1n) is 5.93. The normalized spacial score (nSPS) is 10.7. The first-order valence-corrected chi connectivity index (χ1v) is 6.81. The maximum atomic E-state index is 11.4. The molecule has 4 nitrogen and oxygen atoms in total. The molecule has 0 aliphatic rings. The highest BCUT2D eigenvalue weighted by Gasteiger charge is 2.16. The number of anilines is 1. The Morgan fingerprint density at radius 2 is 1.89 bits per heavy atom. The fourth-order valence-corrected chi connectivity index (χ4v) is 2.65. The molecule has 0 aliphatic carbocycles. The summed E-state index contributed by atoms with van der Waals surface area (Å²) in [6, 6.07) is 7.53. The lowest BCUT2D eigenvalue weighted by atomic mass is 10.0. The molecule has 0 radical (unpaired) electrons. The molecule has 0 atom stereocenters. The molecule has 0 saturated carbocycles. The number of benzene rings is 1. The van der Waals surface area contributed by atoms with Crippen LogP contribution in [0.2, 0.25) is 0 Å². The number of hydrogen-bond donors (Lipinski definition) is 2. The van der Waals surface area contributed by atoms with Crippen molar-refractivity contribution >= 4 is 22.2 Å². The molecule has 1 aromatic carbocycles. The topological polar surface area (TPSA) is 78.3 Å². The van der Waals surface area contributed by atoms with Crippen molar-refractivity contribution in [3.8, 4) is 16.9 Å². The van der Waals surface area contributed by atoms with Gasteiger partial charge in [-0.1, -0.05) is 12.1 Å². The van der Waals surface area contributed by atoms with Crippen LogP contribution in [0.15, 0.2) is 29.6 Å². The molecule has 1 amide bonds. The van der Waals surface area contributed by atoms with Crippen molar-refractivity contribution < 1.29 is 9.53 Å². The first kappa shape index (κ1) is 13.4. The molecular weight excluding hydrogens is 260 g/mol. The molecule has 1 heterocycles. The van der Waals surface area contributed by atoms with E-state index in [1.807, 2.05) is 43.5 Å². The molecule has 1 aromatic heterocycles. The number of ether oxygens (including phenoxy) is 1. The summed E-state index contributed by atoms with van der Waals surface area (Å²) in [5.74, 6) is 0.291. The smallest absolute Gasteiger partial charge is 0.252 e. The van der Waals surface area contributed by atoms with Crippen molar-refractivity contribution in [2.24, 2.45) is 5.73 Å². The molecule has 5 heteroatoms. The van der Waals surface area contributed by atoms with E-state index in [0.717, 1.165) is 16.9 Å². The zero-order chi connectivity index (χ0) is 14.0. The lowest BCUT2D eigenvalue weighted by molar-refractivity contribution is 0.100. The molecule has 0 aliphatic heterocycles. The van der Waals surface area contributed by atoms with E-state index < -0.39 is 5.91 Å². The lowest BCUT2D eigenvalue weighted by Crippen LogP contribution is -2.12. The van der Waals surface area contributed by atoms with Crippen LogP contribution in [0.1, 0.15) is 24.2 Å². The summed E-state index contributed by atoms with van der Waals surface area (Å²) >= 11 is 1.31. The zero-order valence-corrected chi connectivity index (χ0v) is 11.7. The minimum atomic E-state index is -0.503. The van der Waals surface area contributed by atoms with E-state index >= 15 is 0 Å². The van der Waals surface area contributed by atoms with Crippen molar-refractivity contribution in [3.05, 3.63) is 35.2 Å². The van der Waals surface area contributed by atoms with Crippen LogP contribution in [-0.2, 0) is 0 Å². The summed E-state index contributed by atoms with van der Waals surface area (Å²) in [6.07, 6.45) is 0.129. The summed E-state index contributed by atoms with van der Waals surface area (Å²) < 4.78 is 5.57. The van der Waals surface area contributed by atoms with Gasteiger partial charge in [0.2, 0.25) is 0 Å². The molecular formula is C14H16N2O2S. The van der Waals surface area contributed by atoms with E-state index in [1.54, 1.807) is 0 Å². The minimum Gasteiger partial charge on any atom is -0.491 e. The summed E-state index contributed by atoms with van der Waals surface area (Å²) in [5, 5.41) is 2.29. The molecule has 19 heavy (non-hydrogen) atoms. The Morgan fingerprint density at radius 3 is 2.42 bits per heavy atom. The van der Waals surface area contributed by atoms with Crippen LogP contribution >= 0.6 is 11.3 Å². The molecule has 4 N–H and O–H groups in total. The van der Waals surface area contributed by atoms with Crippen LogP contribution < -0.4 is 16.2 Å². The van der Waals surface area contributed by atoms with Crippen molar-refractivity contribution in [1.82, 2.24) is 0 Å². The minimum absolute atomic E-state index is 0.129. The van der Waals surface area contributed by atoms with Gasteiger partial charge in [0.15, 0.2) is 0 Å². The van der Waals surface area contributed by atoms with E-state index in [0.29, 0.717) is 10.6 Å². The fraction of sp³-hybridized carbons (Fsp3) is 0.214. The van der Waals surface area contributed by atoms with E-state index in [4.69, 9.17) is 16.2 Å². The van der Waals surface area contributed by atoms with Gasteiger partial charge in [0, 0.05) is 10.9 Å². The van der Waals surface area contributed by atoms with Gasteiger partial charge in [0.25, 0.3) is 5.91 Å². The van der Waals surface area contributed by atoms with Gasteiger partial charge in [0.05, 0.1) is 16.7 Å². The van der Waals surface area contributed by atoms with Crippen molar-refractivity contribution in [1.29, 1.82) is 0 Å². The third-order valence-corrected chi connectivity index (χ3v) is 3.41. The third kappa shape index (κ3) is 2.88. The first-order chi connectivity index (χ1) is 8.99. The van der Waals surface area contributed by atoms with Gasteiger partial charge < -0.3 is 16.2 Å². The average molecular weight is 276 g/mol. The molecule has 0 fully saturated rings. The highest BCUT2D eigenvalue weighted by Crippen LogP contribution is 2.34. The zero-order valence-electron chi connectivity index (χ0n) is 10.8. The average Bonchev–Trinajstić information content (AvgIpc) is 2.71. The quantitative estimate of drug-likeness (QED) is 0.901. The van der Waals surface area contributed by atoms with Gasteiger partial charge in [-0.25, -0.2) is 0 Å². The van der Waals surface area contributed by atoms with Crippen molar-refractivity contribution in [3.63, 3.8) is 0 Å². The second kappa shape index (κ2) is 5.32. The van der Waals surface area contributed by atoms with Crippen LogP contribution in [0.3, 0.4) is 0 Å². The molecule has 0 bridgehead atoms. The third-order valence-electron chi connectivity index (χ3n) is 2.60. The number of rotatable bonds is 4. The number of carbonyl (C=O) groups is 1. The highest BCUT2D eigenvalue weighted by atomic mass is 32.1. The Labute approximate surface area is 116 Å². The number of carbonyl (C=O) groups excluding carboxylic acids is 1. The Kier molecular flexibility index (Phi) is 3.76. The molecule has 2 rings (SSSR count).